The fourth-order valence-electron chi connectivity index (χ4n) is 2.30. The van der Waals surface area contributed by atoms with Gasteiger partial charge in [-0.05, 0) is 49.6 Å². The van der Waals surface area contributed by atoms with Crippen molar-refractivity contribution in [3.05, 3.63) is 52.3 Å². The molecule has 1 heterocycles. The molecule has 0 saturated carbocycles. The zero-order valence-corrected chi connectivity index (χ0v) is 13.1. The van der Waals surface area contributed by atoms with Gasteiger partial charge in [0, 0.05) is 23.8 Å². The summed E-state index contributed by atoms with van der Waals surface area (Å²) < 4.78 is 1.96. The Labute approximate surface area is 126 Å². The van der Waals surface area contributed by atoms with Crippen molar-refractivity contribution in [2.45, 2.75) is 39.8 Å². The normalized spacial score (nSPS) is 12.6. The van der Waals surface area contributed by atoms with Crippen molar-refractivity contribution in [3.63, 3.8) is 0 Å². The molecule has 20 heavy (non-hydrogen) atoms. The van der Waals surface area contributed by atoms with E-state index < -0.39 is 0 Å². The number of nitrogens with one attached hydrogen (secondary N) is 1. The van der Waals surface area contributed by atoms with Crippen LogP contribution in [0.2, 0.25) is 5.02 Å². The maximum atomic E-state index is 6.24. The molecule has 1 aromatic carbocycles. The number of halogens is 1. The molecule has 2 rings (SSSR count). The fourth-order valence-corrected chi connectivity index (χ4v) is 2.49. The molecule has 0 spiro atoms. The standard InChI is InChI=1S/C16H22ClN3/c1-4-18-16(8-13-10-19-20(5-2)11-13)14-7-6-12(3)15(17)9-14/h6-7,9-11,16,18H,4-5,8H2,1-3H3. The van der Waals surface area contributed by atoms with E-state index in [1.807, 2.05) is 17.8 Å². The highest BCUT2D eigenvalue weighted by Crippen LogP contribution is 2.24. The zero-order valence-electron chi connectivity index (χ0n) is 12.4. The monoisotopic (exact) mass is 291 g/mol. The number of aromatic nitrogens is 2. The lowest BCUT2D eigenvalue weighted by atomic mass is 9.99. The van der Waals surface area contributed by atoms with Crippen molar-refractivity contribution < 1.29 is 0 Å². The van der Waals surface area contributed by atoms with Gasteiger partial charge >= 0.3 is 0 Å². The molecule has 1 N–H and O–H groups in total. The molecule has 1 aromatic heterocycles. The van der Waals surface area contributed by atoms with Gasteiger partial charge in [0.1, 0.15) is 0 Å². The summed E-state index contributed by atoms with van der Waals surface area (Å²) in [4.78, 5) is 0. The number of likely N-dealkylation sites (N-methyl/N-ethyl adjacent to an activating group) is 1. The maximum absolute atomic E-state index is 6.24. The first-order chi connectivity index (χ1) is 9.63. The first-order valence-corrected chi connectivity index (χ1v) is 7.52. The predicted molar refractivity (Wildman–Crippen MR) is 84.2 cm³/mol. The van der Waals surface area contributed by atoms with Crippen LogP contribution in [0.1, 0.15) is 36.6 Å². The Morgan fingerprint density at radius 3 is 2.75 bits per heavy atom. The fraction of sp³-hybridized carbons (Fsp3) is 0.438. The molecule has 0 aliphatic rings. The lowest BCUT2D eigenvalue weighted by Gasteiger charge is -2.18. The minimum absolute atomic E-state index is 0.271. The third-order valence-corrected chi connectivity index (χ3v) is 3.91. The van der Waals surface area contributed by atoms with Gasteiger partial charge in [0.15, 0.2) is 0 Å². The quantitative estimate of drug-likeness (QED) is 0.878. The van der Waals surface area contributed by atoms with Crippen molar-refractivity contribution >= 4 is 11.6 Å². The molecular weight excluding hydrogens is 270 g/mol. The first-order valence-electron chi connectivity index (χ1n) is 7.14. The third-order valence-electron chi connectivity index (χ3n) is 3.50. The highest BCUT2D eigenvalue weighted by molar-refractivity contribution is 6.31. The lowest BCUT2D eigenvalue weighted by Crippen LogP contribution is -2.22. The molecule has 0 saturated heterocycles. The highest BCUT2D eigenvalue weighted by atomic mass is 35.5. The number of benzene rings is 1. The van der Waals surface area contributed by atoms with E-state index in [1.165, 1.54) is 11.1 Å². The summed E-state index contributed by atoms with van der Waals surface area (Å²) >= 11 is 6.24. The molecule has 2 aromatic rings. The van der Waals surface area contributed by atoms with Gasteiger partial charge in [-0.1, -0.05) is 30.7 Å². The van der Waals surface area contributed by atoms with Crippen molar-refractivity contribution in [1.29, 1.82) is 0 Å². The van der Waals surface area contributed by atoms with E-state index in [2.05, 4.69) is 48.7 Å². The summed E-state index contributed by atoms with van der Waals surface area (Å²) in [5, 5.41) is 8.69. The zero-order chi connectivity index (χ0) is 14.5. The Morgan fingerprint density at radius 1 is 1.35 bits per heavy atom. The van der Waals surface area contributed by atoms with Crippen LogP contribution in [-0.2, 0) is 13.0 Å². The summed E-state index contributed by atoms with van der Waals surface area (Å²) in [5.41, 5.74) is 3.59. The molecule has 1 unspecified atom stereocenters. The number of hydrogen-bond acceptors (Lipinski definition) is 2. The molecule has 1 atom stereocenters. The molecule has 0 amide bonds. The van der Waals surface area contributed by atoms with Crippen LogP contribution in [0, 0.1) is 6.92 Å². The molecule has 108 valence electrons. The van der Waals surface area contributed by atoms with Crippen LogP contribution in [0.4, 0.5) is 0 Å². The summed E-state index contributed by atoms with van der Waals surface area (Å²) in [5.74, 6) is 0. The molecule has 3 nitrogen and oxygen atoms in total. The number of aryl methyl sites for hydroxylation is 2. The van der Waals surface area contributed by atoms with E-state index in [9.17, 15) is 0 Å². The molecular formula is C16H22ClN3. The van der Waals surface area contributed by atoms with Gasteiger partial charge in [-0.25, -0.2) is 0 Å². The Hall–Kier alpha value is -1.32. The van der Waals surface area contributed by atoms with Crippen LogP contribution in [-0.4, -0.2) is 16.3 Å². The van der Waals surface area contributed by atoms with Crippen LogP contribution in [0.3, 0.4) is 0 Å². The second-order valence-corrected chi connectivity index (χ2v) is 5.43. The van der Waals surface area contributed by atoms with Gasteiger partial charge in [-0.3, -0.25) is 4.68 Å². The molecule has 0 aliphatic carbocycles. The predicted octanol–water partition coefficient (Wildman–Crippen LogP) is 3.76. The summed E-state index contributed by atoms with van der Waals surface area (Å²) in [6, 6.07) is 6.57. The van der Waals surface area contributed by atoms with Gasteiger partial charge in [-0.2, -0.15) is 5.10 Å². The van der Waals surface area contributed by atoms with E-state index in [-0.39, 0.29) is 6.04 Å². The minimum Gasteiger partial charge on any atom is -0.310 e. The SMILES string of the molecule is CCNC(Cc1cnn(CC)c1)c1ccc(C)c(Cl)c1. The van der Waals surface area contributed by atoms with Crippen molar-refractivity contribution in [3.8, 4) is 0 Å². The largest absolute Gasteiger partial charge is 0.310 e. The highest BCUT2D eigenvalue weighted by Gasteiger charge is 2.13. The Morgan fingerprint density at radius 2 is 2.15 bits per heavy atom. The average Bonchev–Trinajstić information content (AvgIpc) is 2.89. The molecule has 0 bridgehead atoms. The molecule has 0 fully saturated rings. The van der Waals surface area contributed by atoms with Gasteiger partial charge in [-0.15, -0.1) is 0 Å². The van der Waals surface area contributed by atoms with E-state index >= 15 is 0 Å². The first kappa shape index (κ1) is 15.1. The minimum atomic E-state index is 0.271. The maximum Gasteiger partial charge on any atom is 0.0522 e. The van der Waals surface area contributed by atoms with E-state index in [0.717, 1.165) is 30.1 Å². The van der Waals surface area contributed by atoms with Gasteiger partial charge < -0.3 is 5.32 Å². The smallest absolute Gasteiger partial charge is 0.0522 e. The topological polar surface area (TPSA) is 29.9 Å². The van der Waals surface area contributed by atoms with Crippen LogP contribution < -0.4 is 5.32 Å². The molecule has 4 heteroatoms. The van der Waals surface area contributed by atoms with Gasteiger partial charge in [0.05, 0.1) is 6.20 Å². The van der Waals surface area contributed by atoms with E-state index in [0.29, 0.717) is 0 Å². The molecule has 0 aliphatic heterocycles. The van der Waals surface area contributed by atoms with Crippen LogP contribution in [0.15, 0.2) is 30.6 Å². The third kappa shape index (κ3) is 3.62. The van der Waals surface area contributed by atoms with Crippen LogP contribution in [0.5, 0.6) is 0 Å². The van der Waals surface area contributed by atoms with Crippen molar-refractivity contribution in [2.24, 2.45) is 0 Å². The average molecular weight is 292 g/mol. The van der Waals surface area contributed by atoms with E-state index in [1.54, 1.807) is 0 Å². The van der Waals surface area contributed by atoms with E-state index in [4.69, 9.17) is 11.6 Å². The number of hydrogen-bond donors (Lipinski definition) is 1. The Bertz CT molecular complexity index is 563. The number of rotatable bonds is 6. The summed E-state index contributed by atoms with van der Waals surface area (Å²) in [6.45, 7) is 8.08. The van der Waals surface area contributed by atoms with Crippen molar-refractivity contribution in [1.82, 2.24) is 15.1 Å². The van der Waals surface area contributed by atoms with Gasteiger partial charge in [0.25, 0.3) is 0 Å². The number of nitrogens with zero attached hydrogens (tertiary/aromatic N) is 2. The summed E-state index contributed by atoms with van der Waals surface area (Å²) in [7, 11) is 0. The Balaban J connectivity index is 2.19. The Kier molecular flexibility index (Phi) is 5.21. The lowest BCUT2D eigenvalue weighted by molar-refractivity contribution is 0.549. The second kappa shape index (κ2) is 6.91. The van der Waals surface area contributed by atoms with Gasteiger partial charge in [0.2, 0.25) is 0 Å². The molecule has 0 radical (unpaired) electrons. The van der Waals surface area contributed by atoms with Crippen molar-refractivity contribution in [2.75, 3.05) is 6.54 Å². The second-order valence-electron chi connectivity index (χ2n) is 5.03. The van der Waals surface area contributed by atoms with Crippen LogP contribution >= 0.6 is 11.6 Å². The summed E-state index contributed by atoms with van der Waals surface area (Å²) in [6.07, 6.45) is 4.98. The van der Waals surface area contributed by atoms with Crippen LogP contribution in [0.25, 0.3) is 0 Å².